The van der Waals surface area contributed by atoms with Crippen LogP contribution in [0.2, 0.25) is 0 Å². The lowest BCUT2D eigenvalue weighted by Crippen LogP contribution is -2.17. The first-order valence-corrected chi connectivity index (χ1v) is 5.79. The summed E-state index contributed by atoms with van der Waals surface area (Å²) in [6, 6.07) is 6.30. The van der Waals surface area contributed by atoms with Crippen molar-refractivity contribution in [1.82, 2.24) is 0 Å². The molecule has 1 aromatic rings. The summed E-state index contributed by atoms with van der Waals surface area (Å²) in [5.74, 6) is 0.734. The second-order valence-electron chi connectivity index (χ2n) is 3.84. The lowest BCUT2D eigenvalue weighted by molar-refractivity contribution is 0.274. The van der Waals surface area contributed by atoms with Gasteiger partial charge in [-0.05, 0) is 31.0 Å². The van der Waals surface area contributed by atoms with Crippen LogP contribution < -0.4 is 10.1 Å². The van der Waals surface area contributed by atoms with E-state index in [4.69, 9.17) is 4.74 Å². The van der Waals surface area contributed by atoms with Crippen molar-refractivity contribution in [2.45, 2.75) is 39.3 Å². The quantitative estimate of drug-likeness (QED) is 0.779. The molecular formula is C13H21NO2. The molecule has 2 N–H and O–H groups in total. The van der Waals surface area contributed by atoms with Crippen LogP contribution in [0.4, 0.5) is 5.69 Å². The monoisotopic (exact) mass is 223 g/mol. The number of methoxy groups -OCH3 is 1. The van der Waals surface area contributed by atoms with E-state index in [1.54, 1.807) is 7.11 Å². The summed E-state index contributed by atoms with van der Waals surface area (Å²) in [6.45, 7) is 4.33. The number of hydrogen-bond acceptors (Lipinski definition) is 3. The van der Waals surface area contributed by atoms with Crippen LogP contribution in [-0.2, 0) is 6.61 Å². The van der Waals surface area contributed by atoms with Crippen molar-refractivity contribution in [3.8, 4) is 5.75 Å². The van der Waals surface area contributed by atoms with Crippen molar-refractivity contribution >= 4 is 5.69 Å². The highest BCUT2D eigenvalue weighted by atomic mass is 16.5. The van der Waals surface area contributed by atoms with Crippen molar-refractivity contribution in [2.24, 2.45) is 0 Å². The first-order chi connectivity index (χ1) is 7.74. The molecule has 0 saturated heterocycles. The molecule has 0 fully saturated rings. The first-order valence-electron chi connectivity index (χ1n) is 5.79. The number of hydrogen-bond donors (Lipinski definition) is 2. The maximum absolute atomic E-state index is 9.21. The zero-order valence-corrected chi connectivity index (χ0v) is 10.3. The Morgan fingerprint density at radius 3 is 2.50 bits per heavy atom. The average molecular weight is 223 g/mol. The number of aliphatic hydroxyl groups is 1. The largest absolute Gasteiger partial charge is 0.496 e. The number of rotatable bonds is 6. The Morgan fingerprint density at radius 1 is 1.31 bits per heavy atom. The van der Waals surface area contributed by atoms with Crippen molar-refractivity contribution in [3.05, 3.63) is 23.8 Å². The van der Waals surface area contributed by atoms with Gasteiger partial charge in [0.05, 0.1) is 13.7 Å². The van der Waals surface area contributed by atoms with Gasteiger partial charge in [-0.3, -0.25) is 0 Å². The van der Waals surface area contributed by atoms with Gasteiger partial charge in [-0.2, -0.15) is 0 Å². The van der Waals surface area contributed by atoms with Crippen LogP contribution in [0, 0.1) is 0 Å². The maximum atomic E-state index is 9.21. The summed E-state index contributed by atoms with van der Waals surface area (Å²) >= 11 is 0. The second kappa shape index (κ2) is 6.38. The van der Waals surface area contributed by atoms with Gasteiger partial charge in [0.25, 0.3) is 0 Å². The number of aliphatic hydroxyl groups excluding tert-OH is 1. The summed E-state index contributed by atoms with van der Waals surface area (Å²) in [5, 5.41) is 12.7. The topological polar surface area (TPSA) is 41.5 Å². The Bertz CT molecular complexity index is 322. The van der Waals surface area contributed by atoms with Crippen molar-refractivity contribution in [1.29, 1.82) is 0 Å². The molecule has 1 rings (SSSR count). The number of nitrogens with one attached hydrogen (secondary N) is 1. The first kappa shape index (κ1) is 12.8. The molecule has 3 heteroatoms. The van der Waals surface area contributed by atoms with Gasteiger partial charge in [-0.1, -0.05) is 13.8 Å². The Balaban J connectivity index is 2.82. The molecule has 0 unspecified atom stereocenters. The molecule has 0 aliphatic heterocycles. The molecule has 0 aliphatic carbocycles. The molecule has 90 valence electrons. The Morgan fingerprint density at radius 2 is 2.00 bits per heavy atom. The standard InChI is InChI=1S/C13H21NO2/c1-4-11(5-2)14-12-6-7-13(16-3)10(8-12)9-15/h6-8,11,14-15H,4-5,9H2,1-3H3. The predicted molar refractivity (Wildman–Crippen MR) is 66.9 cm³/mol. The molecule has 0 aromatic heterocycles. The zero-order chi connectivity index (χ0) is 12.0. The van der Waals surface area contributed by atoms with Crippen LogP contribution in [0.15, 0.2) is 18.2 Å². The molecule has 0 bridgehead atoms. The molecule has 0 radical (unpaired) electrons. The molecule has 0 aliphatic rings. The van der Waals surface area contributed by atoms with Crippen LogP contribution in [0.25, 0.3) is 0 Å². The van der Waals surface area contributed by atoms with Crippen LogP contribution in [0.3, 0.4) is 0 Å². The van der Waals surface area contributed by atoms with Gasteiger partial charge in [0.1, 0.15) is 5.75 Å². The third-order valence-corrected chi connectivity index (χ3v) is 2.81. The lowest BCUT2D eigenvalue weighted by Gasteiger charge is -2.17. The van der Waals surface area contributed by atoms with E-state index < -0.39 is 0 Å². The molecule has 0 spiro atoms. The maximum Gasteiger partial charge on any atom is 0.124 e. The van der Waals surface area contributed by atoms with E-state index in [-0.39, 0.29) is 6.61 Å². The van der Waals surface area contributed by atoms with E-state index in [1.807, 2.05) is 18.2 Å². The smallest absolute Gasteiger partial charge is 0.124 e. The Kier molecular flexibility index (Phi) is 5.12. The minimum absolute atomic E-state index is 0.00160. The van der Waals surface area contributed by atoms with Crippen LogP contribution in [0.5, 0.6) is 5.75 Å². The normalized spacial score (nSPS) is 10.6. The molecule has 1 aromatic carbocycles. The number of benzene rings is 1. The predicted octanol–water partition coefficient (Wildman–Crippen LogP) is 2.79. The molecule has 0 heterocycles. The fourth-order valence-corrected chi connectivity index (χ4v) is 1.72. The van der Waals surface area contributed by atoms with Crippen LogP contribution in [0.1, 0.15) is 32.3 Å². The van der Waals surface area contributed by atoms with E-state index in [0.717, 1.165) is 29.8 Å². The van der Waals surface area contributed by atoms with Gasteiger partial charge >= 0.3 is 0 Å². The van der Waals surface area contributed by atoms with E-state index in [2.05, 4.69) is 19.2 Å². The molecule has 0 saturated carbocycles. The van der Waals surface area contributed by atoms with Gasteiger partial charge in [-0.25, -0.2) is 0 Å². The van der Waals surface area contributed by atoms with Gasteiger partial charge in [0.15, 0.2) is 0 Å². The van der Waals surface area contributed by atoms with Gasteiger partial charge in [0, 0.05) is 17.3 Å². The fraction of sp³-hybridized carbons (Fsp3) is 0.538. The summed E-state index contributed by atoms with van der Waals surface area (Å²) < 4.78 is 5.16. The fourth-order valence-electron chi connectivity index (χ4n) is 1.72. The minimum Gasteiger partial charge on any atom is -0.496 e. The van der Waals surface area contributed by atoms with E-state index >= 15 is 0 Å². The molecule has 0 atom stereocenters. The second-order valence-corrected chi connectivity index (χ2v) is 3.84. The SMILES string of the molecule is CCC(CC)Nc1ccc(OC)c(CO)c1. The molecule has 16 heavy (non-hydrogen) atoms. The Labute approximate surface area is 97.4 Å². The minimum atomic E-state index is 0.00160. The molecule has 0 amide bonds. The van der Waals surface area contributed by atoms with Crippen LogP contribution in [-0.4, -0.2) is 18.3 Å². The van der Waals surface area contributed by atoms with Gasteiger partial charge < -0.3 is 15.2 Å². The summed E-state index contributed by atoms with van der Waals surface area (Å²) in [5.41, 5.74) is 1.86. The third kappa shape index (κ3) is 3.14. The third-order valence-electron chi connectivity index (χ3n) is 2.81. The van der Waals surface area contributed by atoms with Crippen LogP contribution >= 0.6 is 0 Å². The van der Waals surface area contributed by atoms with Crippen molar-refractivity contribution in [3.63, 3.8) is 0 Å². The zero-order valence-electron chi connectivity index (χ0n) is 10.3. The molecule has 3 nitrogen and oxygen atoms in total. The average Bonchev–Trinajstić information content (AvgIpc) is 2.35. The molecular weight excluding hydrogens is 202 g/mol. The van der Waals surface area contributed by atoms with E-state index in [9.17, 15) is 5.11 Å². The van der Waals surface area contributed by atoms with Crippen molar-refractivity contribution in [2.75, 3.05) is 12.4 Å². The summed E-state index contributed by atoms with van der Waals surface area (Å²) in [4.78, 5) is 0. The summed E-state index contributed by atoms with van der Waals surface area (Å²) in [7, 11) is 1.61. The lowest BCUT2D eigenvalue weighted by atomic mass is 10.1. The van der Waals surface area contributed by atoms with E-state index in [0.29, 0.717) is 6.04 Å². The summed E-state index contributed by atoms with van der Waals surface area (Å²) in [6.07, 6.45) is 2.19. The highest BCUT2D eigenvalue weighted by molar-refractivity contribution is 5.51. The highest BCUT2D eigenvalue weighted by Gasteiger charge is 2.06. The Hall–Kier alpha value is -1.22. The number of anilines is 1. The van der Waals surface area contributed by atoms with E-state index in [1.165, 1.54) is 0 Å². The van der Waals surface area contributed by atoms with Crippen molar-refractivity contribution < 1.29 is 9.84 Å². The highest BCUT2D eigenvalue weighted by Crippen LogP contribution is 2.23. The van der Waals surface area contributed by atoms with Gasteiger partial charge in [0.2, 0.25) is 0 Å². The van der Waals surface area contributed by atoms with Gasteiger partial charge in [-0.15, -0.1) is 0 Å². The number of ether oxygens (including phenoxy) is 1.